The van der Waals surface area contributed by atoms with E-state index < -0.39 is 29.6 Å². The van der Waals surface area contributed by atoms with E-state index in [9.17, 15) is 14.0 Å². The van der Waals surface area contributed by atoms with Crippen LogP contribution in [0.3, 0.4) is 0 Å². The largest absolute Gasteiger partial charge is 0.497 e. The molecule has 3 aromatic rings. The summed E-state index contributed by atoms with van der Waals surface area (Å²) in [6.07, 6.45) is 0. The van der Waals surface area contributed by atoms with Crippen LogP contribution < -0.4 is 14.6 Å². The first-order valence-corrected chi connectivity index (χ1v) is 9.79. The molecule has 2 atom stereocenters. The van der Waals surface area contributed by atoms with Gasteiger partial charge in [-0.3, -0.25) is 14.6 Å². The number of anilines is 2. The average molecular weight is 415 g/mol. The highest BCUT2D eigenvalue weighted by atomic mass is 19.1. The molecule has 3 aromatic carbocycles. The molecule has 1 saturated heterocycles. The van der Waals surface area contributed by atoms with Crippen LogP contribution in [0.2, 0.25) is 0 Å². The summed E-state index contributed by atoms with van der Waals surface area (Å²) >= 11 is 0. The van der Waals surface area contributed by atoms with Gasteiger partial charge in [0.25, 0.3) is 5.91 Å². The molecule has 0 N–H and O–H groups in total. The number of fused-ring (bicyclic) bond motifs is 1. The van der Waals surface area contributed by atoms with Crippen molar-refractivity contribution in [1.29, 1.82) is 0 Å². The van der Waals surface area contributed by atoms with E-state index >= 15 is 0 Å². The molecular weight excluding hydrogens is 397 g/mol. The zero-order chi connectivity index (χ0) is 21.5. The molecule has 0 radical (unpaired) electrons. The van der Waals surface area contributed by atoms with Gasteiger partial charge >= 0.3 is 0 Å². The number of carbonyl (C=O) groups is 2. The van der Waals surface area contributed by atoms with Crippen LogP contribution in [0.25, 0.3) is 0 Å². The summed E-state index contributed by atoms with van der Waals surface area (Å²) in [4.78, 5) is 27.9. The Hall–Kier alpha value is -4.00. The number of ether oxygens (including phenoxy) is 1. The lowest BCUT2D eigenvalue weighted by Gasteiger charge is -2.22. The summed E-state index contributed by atoms with van der Waals surface area (Å²) in [5, 5.41) is 6.27. The molecule has 0 spiro atoms. The zero-order valence-electron chi connectivity index (χ0n) is 16.6. The quantitative estimate of drug-likeness (QED) is 0.611. The Labute approximate surface area is 178 Å². The molecule has 31 heavy (non-hydrogen) atoms. The first-order chi connectivity index (χ1) is 15.1. The van der Waals surface area contributed by atoms with Gasteiger partial charge in [0, 0.05) is 0 Å². The van der Waals surface area contributed by atoms with Gasteiger partial charge in [-0.2, -0.15) is 5.10 Å². The lowest BCUT2D eigenvalue weighted by Crippen LogP contribution is -2.39. The van der Waals surface area contributed by atoms with Gasteiger partial charge in [-0.05, 0) is 60.2 Å². The normalized spacial score (nSPS) is 20.1. The molecule has 1 fully saturated rings. The number of methoxy groups -OCH3 is 1. The van der Waals surface area contributed by atoms with Gasteiger partial charge < -0.3 is 4.74 Å². The summed E-state index contributed by atoms with van der Waals surface area (Å²) in [5.41, 5.74) is 2.12. The second kappa shape index (κ2) is 7.36. The Kier molecular flexibility index (Phi) is 4.51. The van der Waals surface area contributed by atoms with Gasteiger partial charge in [0.2, 0.25) is 5.91 Å². The average Bonchev–Trinajstić information content (AvgIpc) is 3.31. The summed E-state index contributed by atoms with van der Waals surface area (Å²) in [5.74, 6) is -1.50. The second-order valence-electron chi connectivity index (χ2n) is 7.31. The van der Waals surface area contributed by atoms with Crippen LogP contribution in [-0.4, -0.2) is 30.7 Å². The predicted molar refractivity (Wildman–Crippen MR) is 115 cm³/mol. The van der Waals surface area contributed by atoms with Crippen molar-refractivity contribution < 1.29 is 18.7 Å². The van der Waals surface area contributed by atoms with E-state index in [1.165, 1.54) is 18.2 Å². The highest BCUT2D eigenvalue weighted by Crippen LogP contribution is 2.39. The Morgan fingerprint density at radius 1 is 0.871 bits per heavy atom. The minimum absolute atomic E-state index is 0.214. The fourth-order valence-electron chi connectivity index (χ4n) is 4.08. The number of carbonyl (C=O) groups excluding carboxylic acids is 2. The van der Waals surface area contributed by atoms with Gasteiger partial charge in [-0.1, -0.05) is 24.3 Å². The number of hydrogen-bond acceptors (Lipinski definition) is 5. The summed E-state index contributed by atoms with van der Waals surface area (Å²) in [6, 6.07) is 21.1. The molecule has 154 valence electrons. The monoisotopic (exact) mass is 415 g/mol. The van der Waals surface area contributed by atoms with Crippen LogP contribution >= 0.6 is 0 Å². The van der Waals surface area contributed by atoms with Gasteiger partial charge in [-0.25, -0.2) is 9.29 Å². The number of hydrazone groups is 1. The zero-order valence-corrected chi connectivity index (χ0v) is 16.6. The smallest absolute Gasteiger partial charge is 0.259 e. The molecule has 0 aliphatic carbocycles. The van der Waals surface area contributed by atoms with E-state index in [-0.39, 0.29) is 5.69 Å². The summed E-state index contributed by atoms with van der Waals surface area (Å²) in [6.45, 7) is 0. The van der Waals surface area contributed by atoms with Crippen molar-refractivity contribution in [3.8, 4) is 5.75 Å². The number of benzene rings is 3. The molecule has 0 saturated carbocycles. The number of amides is 2. The molecule has 2 amide bonds. The number of para-hydroxylation sites is 1. The number of hydrogen-bond donors (Lipinski definition) is 0. The Bertz CT molecular complexity index is 1190. The van der Waals surface area contributed by atoms with Gasteiger partial charge in [0.1, 0.15) is 23.5 Å². The van der Waals surface area contributed by atoms with E-state index in [1.807, 2.05) is 42.5 Å². The third kappa shape index (κ3) is 3.06. The van der Waals surface area contributed by atoms with Crippen LogP contribution in [0, 0.1) is 11.7 Å². The van der Waals surface area contributed by atoms with E-state index in [2.05, 4.69) is 5.10 Å². The van der Waals surface area contributed by atoms with Crippen LogP contribution in [0.1, 0.15) is 5.56 Å². The fraction of sp³-hybridized carbons (Fsp3) is 0.125. The minimum Gasteiger partial charge on any atom is -0.497 e. The van der Waals surface area contributed by atoms with Crippen molar-refractivity contribution in [2.75, 3.05) is 17.0 Å². The van der Waals surface area contributed by atoms with Crippen LogP contribution in [0.5, 0.6) is 5.75 Å². The van der Waals surface area contributed by atoms with Crippen LogP contribution in [0.15, 0.2) is 84.0 Å². The van der Waals surface area contributed by atoms with Gasteiger partial charge in [0.15, 0.2) is 0 Å². The molecule has 7 heteroatoms. The van der Waals surface area contributed by atoms with E-state index in [0.29, 0.717) is 17.1 Å². The third-order valence-corrected chi connectivity index (χ3v) is 5.52. The van der Waals surface area contributed by atoms with Crippen LogP contribution in [0.4, 0.5) is 15.8 Å². The van der Waals surface area contributed by atoms with E-state index in [0.717, 1.165) is 10.5 Å². The van der Waals surface area contributed by atoms with Crippen molar-refractivity contribution in [2.45, 2.75) is 6.04 Å². The maximum absolute atomic E-state index is 13.8. The SMILES string of the molecule is COc1ccc(C2=NN(c3ccccc3)C3C(=O)N(c4cccc(F)c4)C(=O)C23)cc1. The molecule has 2 aliphatic heterocycles. The lowest BCUT2D eigenvalue weighted by molar-refractivity contribution is -0.121. The van der Waals surface area contributed by atoms with Crippen molar-refractivity contribution >= 4 is 28.9 Å². The van der Waals surface area contributed by atoms with E-state index in [4.69, 9.17) is 4.74 Å². The number of imide groups is 1. The number of halogens is 1. The first kappa shape index (κ1) is 19.0. The Morgan fingerprint density at radius 2 is 1.58 bits per heavy atom. The maximum atomic E-state index is 13.8. The number of nitrogens with zero attached hydrogens (tertiary/aromatic N) is 3. The van der Waals surface area contributed by atoms with Crippen molar-refractivity contribution in [3.63, 3.8) is 0 Å². The molecule has 6 nitrogen and oxygen atoms in total. The molecule has 5 rings (SSSR count). The van der Waals surface area contributed by atoms with Gasteiger partial charge in [0.05, 0.1) is 24.2 Å². The predicted octanol–water partition coefficient (Wildman–Crippen LogP) is 3.62. The maximum Gasteiger partial charge on any atom is 0.259 e. The molecule has 0 aromatic heterocycles. The number of rotatable bonds is 4. The second-order valence-corrected chi connectivity index (χ2v) is 7.31. The standard InChI is InChI=1S/C24H18FN3O3/c1-31-19-12-10-15(11-13-19)21-20-22(28(26-21)17-7-3-2-4-8-17)24(30)27(23(20)29)18-9-5-6-16(25)14-18/h2-14,20,22H,1H3. The Balaban J connectivity index is 1.62. The van der Waals surface area contributed by atoms with Crippen molar-refractivity contribution in [1.82, 2.24) is 0 Å². The topological polar surface area (TPSA) is 62.2 Å². The fourth-order valence-corrected chi connectivity index (χ4v) is 4.08. The van der Waals surface area contributed by atoms with Gasteiger partial charge in [-0.15, -0.1) is 0 Å². The van der Waals surface area contributed by atoms with Crippen molar-refractivity contribution in [3.05, 3.63) is 90.2 Å². The molecular formula is C24H18FN3O3. The molecule has 2 unspecified atom stereocenters. The lowest BCUT2D eigenvalue weighted by atomic mass is 9.93. The molecule has 2 heterocycles. The highest BCUT2D eigenvalue weighted by molar-refractivity contribution is 6.34. The molecule has 0 bridgehead atoms. The first-order valence-electron chi connectivity index (χ1n) is 9.79. The highest BCUT2D eigenvalue weighted by Gasteiger charge is 2.57. The minimum atomic E-state index is -0.838. The molecule has 2 aliphatic rings. The van der Waals surface area contributed by atoms with E-state index in [1.54, 1.807) is 30.3 Å². The summed E-state index contributed by atoms with van der Waals surface area (Å²) in [7, 11) is 1.57. The summed E-state index contributed by atoms with van der Waals surface area (Å²) < 4.78 is 19.0. The third-order valence-electron chi connectivity index (χ3n) is 5.52. The van der Waals surface area contributed by atoms with Crippen LogP contribution in [-0.2, 0) is 9.59 Å². The van der Waals surface area contributed by atoms with Crippen molar-refractivity contribution in [2.24, 2.45) is 11.0 Å². The Morgan fingerprint density at radius 3 is 2.26 bits per heavy atom.